The number of nitrogens with zero attached hydrogens (tertiary/aromatic N) is 1. The van der Waals surface area contributed by atoms with Crippen molar-refractivity contribution < 1.29 is 24.2 Å². The highest BCUT2D eigenvalue weighted by Crippen LogP contribution is 2.44. The van der Waals surface area contributed by atoms with Gasteiger partial charge in [-0.25, -0.2) is 4.79 Å². The van der Waals surface area contributed by atoms with E-state index >= 15 is 0 Å². The van der Waals surface area contributed by atoms with Gasteiger partial charge in [0, 0.05) is 35.1 Å². The molecule has 180 valence electrons. The number of rotatable bonds is 8. The molecule has 2 amide bonds. The lowest BCUT2D eigenvalue weighted by Gasteiger charge is -2.18. The molecule has 0 radical (unpaired) electrons. The number of fused-ring (bicyclic) bond motifs is 3. The zero-order valence-electron chi connectivity index (χ0n) is 19.2. The number of carbonyl (C=O) groups is 3. The Labute approximate surface area is 217 Å². The van der Waals surface area contributed by atoms with E-state index < -0.39 is 12.1 Å². The van der Waals surface area contributed by atoms with Crippen molar-refractivity contribution in [2.75, 3.05) is 25.5 Å². The van der Waals surface area contributed by atoms with E-state index in [1.54, 1.807) is 25.2 Å². The number of amides is 2. The number of nitrogens with one attached hydrogen (secondary N) is 1. The average Bonchev–Trinajstić information content (AvgIpc) is 3.17. The Morgan fingerprint density at radius 2 is 1.63 bits per heavy atom. The van der Waals surface area contributed by atoms with Crippen LogP contribution < -0.4 is 5.32 Å². The number of carboxylic acids is 1. The molecule has 0 fully saturated rings. The highest BCUT2D eigenvalue weighted by atomic mass is 127. The van der Waals surface area contributed by atoms with Crippen LogP contribution in [0.5, 0.6) is 0 Å². The average molecular weight is 584 g/mol. The number of carbonyl (C=O) groups excluding carboxylic acids is 2. The summed E-state index contributed by atoms with van der Waals surface area (Å²) in [6.45, 7) is 0.565. The fourth-order valence-electron chi connectivity index (χ4n) is 4.28. The lowest BCUT2D eigenvalue weighted by Crippen LogP contribution is -2.28. The smallest absolute Gasteiger partial charge is 0.411 e. The molecule has 0 unspecified atom stereocenters. The van der Waals surface area contributed by atoms with Crippen LogP contribution in [0.2, 0.25) is 0 Å². The Kier molecular flexibility index (Phi) is 7.70. The highest BCUT2D eigenvalue weighted by Gasteiger charge is 2.29. The van der Waals surface area contributed by atoms with Crippen molar-refractivity contribution in [2.45, 2.75) is 18.8 Å². The molecule has 7 nitrogen and oxygen atoms in total. The summed E-state index contributed by atoms with van der Waals surface area (Å²) in [5.74, 6) is -1.12. The summed E-state index contributed by atoms with van der Waals surface area (Å²) < 4.78 is 6.30. The third kappa shape index (κ3) is 5.64. The van der Waals surface area contributed by atoms with E-state index in [9.17, 15) is 14.4 Å². The van der Waals surface area contributed by atoms with Crippen LogP contribution in [0.1, 0.15) is 40.2 Å². The molecule has 2 N–H and O–H groups in total. The van der Waals surface area contributed by atoms with Crippen molar-refractivity contribution in [3.63, 3.8) is 0 Å². The topological polar surface area (TPSA) is 95.9 Å². The summed E-state index contributed by atoms with van der Waals surface area (Å²) in [7, 11) is 1.64. The quantitative estimate of drug-likeness (QED) is 0.337. The van der Waals surface area contributed by atoms with Gasteiger partial charge in [-0.1, -0.05) is 48.5 Å². The molecule has 0 spiro atoms. The largest absolute Gasteiger partial charge is 0.481 e. The van der Waals surface area contributed by atoms with Crippen LogP contribution in [-0.4, -0.2) is 48.2 Å². The van der Waals surface area contributed by atoms with E-state index in [0.29, 0.717) is 27.8 Å². The molecular weight excluding hydrogens is 559 g/mol. The molecule has 1 aliphatic carbocycles. The van der Waals surface area contributed by atoms with Gasteiger partial charge in [-0.05, 0) is 69.5 Å². The SMILES string of the molecule is CN(CCCC(=O)O)C(=O)c1ccc(NC(=O)OCC2c3ccccc3-c3ccccc32)c(I)c1. The van der Waals surface area contributed by atoms with Gasteiger partial charge in [0.25, 0.3) is 5.91 Å². The van der Waals surface area contributed by atoms with E-state index in [0.717, 1.165) is 11.1 Å². The third-order valence-electron chi connectivity index (χ3n) is 6.03. The lowest BCUT2D eigenvalue weighted by molar-refractivity contribution is -0.137. The van der Waals surface area contributed by atoms with Crippen LogP contribution >= 0.6 is 22.6 Å². The number of aliphatic carboxylic acids is 1. The molecule has 8 heteroatoms. The summed E-state index contributed by atoms with van der Waals surface area (Å²) in [4.78, 5) is 37.4. The van der Waals surface area contributed by atoms with E-state index in [-0.39, 0.29) is 24.9 Å². The number of hydrogen-bond acceptors (Lipinski definition) is 4. The standard InChI is InChI=1S/C27H25IN2O5/c1-30(14-6-11-25(31)32)26(33)17-12-13-24(23(28)15-17)29-27(34)35-16-22-20-9-4-2-7-18(20)19-8-3-5-10-21(19)22/h2-5,7-10,12-13,15,22H,6,11,14,16H2,1H3,(H,29,34)(H,31,32). The van der Waals surface area contributed by atoms with Gasteiger partial charge in [-0.3, -0.25) is 14.9 Å². The van der Waals surface area contributed by atoms with Crippen LogP contribution in [0.3, 0.4) is 0 Å². The maximum absolute atomic E-state index is 12.6. The Balaban J connectivity index is 1.37. The van der Waals surface area contributed by atoms with Crippen molar-refractivity contribution in [2.24, 2.45) is 0 Å². The predicted molar refractivity (Wildman–Crippen MR) is 142 cm³/mol. The molecule has 0 aromatic heterocycles. The monoisotopic (exact) mass is 584 g/mol. The number of hydrogen-bond donors (Lipinski definition) is 2. The second-order valence-corrected chi connectivity index (χ2v) is 9.53. The fourth-order valence-corrected chi connectivity index (χ4v) is 4.93. The minimum absolute atomic E-state index is 0.0121. The first-order valence-corrected chi connectivity index (χ1v) is 12.3. The molecule has 1 aliphatic rings. The fraction of sp³-hybridized carbons (Fsp3) is 0.222. The first-order valence-electron chi connectivity index (χ1n) is 11.2. The number of benzene rings is 3. The zero-order valence-corrected chi connectivity index (χ0v) is 21.3. The molecule has 0 bridgehead atoms. The van der Waals surface area contributed by atoms with Gasteiger partial charge < -0.3 is 14.7 Å². The van der Waals surface area contributed by atoms with Gasteiger partial charge in [0.2, 0.25) is 0 Å². The number of carboxylic acid groups (broad SMARTS) is 1. The molecule has 3 aromatic carbocycles. The van der Waals surface area contributed by atoms with Gasteiger partial charge in [-0.2, -0.15) is 0 Å². The van der Waals surface area contributed by atoms with Crippen molar-refractivity contribution in [3.8, 4) is 11.1 Å². The second kappa shape index (κ2) is 10.9. The Morgan fingerprint density at radius 1 is 1.00 bits per heavy atom. The summed E-state index contributed by atoms with van der Waals surface area (Å²) in [6.07, 6.45) is -0.163. The van der Waals surface area contributed by atoms with Crippen molar-refractivity contribution >= 4 is 46.2 Å². The molecule has 4 rings (SSSR count). The molecule has 0 saturated carbocycles. The lowest BCUT2D eigenvalue weighted by atomic mass is 9.98. The Morgan fingerprint density at radius 3 is 2.23 bits per heavy atom. The number of anilines is 1. The molecule has 3 aromatic rings. The van der Waals surface area contributed by atoms with Crippen LogP contribution in [0.15, 0.2) is 66.7 Å². The number of halogens is 1. The first kappa shape index (κ1) is 24.7. The van der Waals surface area contributed by atoms with Crippen molar-refractivity contribution in [1.82, 2.24) is 4.90 Å². The van der Waals surface area contributed by atoms with E-state index in [2.05, 4.69) is 52.2 Å². The van der Waals surface area contributed by atoms with Gasteiger partial charge in [0.15, 0.2) is 0 Å². The maximum Gasteiger partial charge on any atom is 0.411 e. The first-order chi connectivity index (χ1) is 16.8. The summed E-state index contributed by atoms with van der Waals surface area (Å²) in [6, 6.07) is 21.3. The molecule has 0 aliphatic heterocycles. The van der Waals surface area contributed by atoms with Crippen LogP contribution in [0, 0.1) is 3.57 Å². The minimum atomic E-state index is -0.885. The highest BCUT2D eigenvalue weighted by molar-refractivity contribution is 14.1. The zero-order chi connectivity index (χ0) is 24.9. The summed E-state index contributed by atoms with van der Waals surface area (Å²) in [5.41, 5.74) is 5.63. The summed E-state index contributed by atoms with van der Waals surface area (Å²) in [5, 5.41) is 11.5. The van der Waals surface area contributed by atoms with Gasteiger partial charge >= 0.3 is 12.1 Å². The molecule has 35 heavy (non-hydrogen) atoms. The Hall–Kier alpha value is -3.40. The van der Waals surface area contributed by atoms with Gasteiger partial charge in [0.1, 0.15) is 6.61 Å². The number of ether oxygens (including phenoxy) is 1. The van der Waals surface area contributed by atoms with Crippen LogP contribution in [-0.2, 0) is 9.53 Å². The van der Waals surface area contributed by atoms with E-state index in [1.807, 2.05) is 24.3 Å². The molecule has 0 atom stereocenters. The second-order valence-electron chi connectivity index (χ2n) is 8.37. The van der Waals surface area contributed by atoms with Crippen molar-refractivity contribution in [1.29, 1.82) is 0 Å². The normalized spacial score (nSPS) is 11.9. The predicted octanol–water partition coefficient (Wildman–Crippen LogP) is 5.59. The maximum atomic E-state index is 12.6. The molecular formula is C27H25IN2O5. The Bertz CT molecular complexity index is 1230. The van der Waals surface area contributed by atoms with Crippen molar-refractivity contribution in [3.05, 3.63) is 87.0 Å². The van der Waals surface area contributed by atoms with E-state index in [4.69, 9.17) is 9.84 Å². The van der Waals surface area contributed by atoms with Gasteiger partial charge in [0.05, 0.1) is 5.69 Å². The van der Waals surface area contributed by atoms with Crippen LogP contribution in [0.25, 0.3) is 11.1 Å². The van der Waals surface area contributed by atoms with Crippen LogP contribution in [0.4, 0.5) is 10.5 Å². The minimum Gasteiger partial charge on any atom is -0.481 e. The van der Waals surface area contributed by atoms with E-state index in [1.165, 1.54) is 16.0 Å². The third-order valence-corrected chi connectivity index (χ3v) is 6.92. The molecule has 0 saturated heterocycles. The summed E-state index contributed by atoms with van der Waals surface area (Å²) >= 11 is 2.06. The molecule has 0 heterocycles. The van der Waals surface area contributed by atoms with Gasteiger partial charge in [-0.15, -0.1) is 0 Å².